The Labute approximate surface area is 99.5 Å². The number of methoxy groups -OCH3 is 1. The van der Waals surface area contributed by atoms with Crippen molar-refractivity contribution < 1.29 is 24.2 Å². The molecule has 0 aromatic carbocycles. The quantitative estimate of drug-likeness (QED) is 0.686. The molecule has 0 aliphatic heterocycles. The number of nitrogens with zero attached hydrogens (tertiary/aromatic N) is 1. The second kappa shape index (κ2) is 5.16. The van der Waals surface area contributed by atoms with Crippen molar-refractivity contribution in [2.24, 2.45) is 17.8 Å². The summed E-state index contributed by atoms with van der Waals surface area (Å²) in [6.07, 6.45) is 0.394. The molecule has 96 valence electrons. The Kier molecular flexibility index (Phi) is 4.09. The zero-order chi connectivity index (χ0) is 13.2. The summed E-state index contributed by atoms with van der Waals surface area (Å²) in [5, 5.41) is 8.72. The molecule has 17 heavy (non-hydrogen) atoms. The summed E-state index contributed by atoms with van der Waals surface area (Å²) in [6.45, 7) is 1.91. The minimum Gasteiger partial charge on any atom is -0.481 e. The van der Waals surface area contributed by atoms with Crippen LogP contribution in [0.15, 0.2) is 0 Å². The van der Waals surface area contributed by atoms with Crippen molar-refractivity contribution >= 4 is 17.8 Å². The Balaban J connectivity index is 2.44. The number of rotatable bonds is 5. The summed E-state index contributed by atoms with van der Waals surface area (Å²) in [6, 6.07) is 0. The molecule has 1 aliphatic carbocycles. The van der Waals surface area contributed by atoms with E-state index in [9.17, 15) is 14.4 Å². The fraction of sp³-hybridized carbons (Fsp3) is 0.727. The first-order valence-electron chi connectivity index (χ1n) is 5.44. The minimum atomic E-state index is -0.933. The van der Waals surface area contributed by atoms with Crippen molar-refractivity contribution in [1.29, 1.82) is 0 Å². The van der Waals surface area contributed by atoms with Crippen molar-refractivity contribution in [3.63, 3.8) is 0 Å². The van der Waals surface area contributed by atoms with Crippen LogP contribution < -0.4 is 0 Å². The van der Waals surface area contributed by atoms with E-state index in [1.807, 2.05) is 0 Å². The van der Waals surface area contributed by atoms with E-state index in [0.29, 0.717) is 6.42 Å². The summed E-state index contributed by atoms with van der Waals surface area (Å²) in [5.74, 6) is -2.92. The van der Waals surface area contributed by atoms with E-state index >= 15 is 0 Å². The lowest BCUT2D eigenvalue weighted by molar-refractivity contribution is -0.147. The lowest BCUT2D eigenvalue weighted by Crippen LogP contribution is -2.35. The Hall–Kier alpha value is -1.59. The second-order valence-corrected chi connectivity index (χ2v) is 4.43. The molecule has 1 fully saturated rings. The van der Waals surface area contributed by atoms with Crippen molar-refractivity contribution in [2.75, 3.05) is 20.7 Å². The zero-order valence-electron chi connectivity index (χ0n) is 10.2. The molecule has 0 aromatic heterocycles. The molecule has 0 radical (unpaired) electrons. The van der Waals surface area contributed by atoms with Gasteiger partial charge in [-0.3, -0.25) is 14.4 Å². The van der Waals surface area contributed by atoms with Gasteiger partial charge in [-0.1, -0.05) is 6.92 Å². The van der Waals surface area contributed by atoms with Crippen LogP contribution in [0, 0.1) is 17.8 Å². The summed E-state index contributed by atoms with van der Waals surface area (Å²) < 4.78 is 4.56. The highest BCUT2D eigenvalue weighted by Crippen LogP contribution is 2.39. The lowest BCUT2D eigenvalue weighted by atomic mass is 10.1. The van der Waals surface area contributed by atoms with E-state index in [0.717, 1.165) is 0 Å². The number of carboxylic acids is 1. The van der Waals surface area contributed by atoms with Gasteiger partial charge >= 0.3 is 11.9 Å². The molecule has 0 spiro atoms. The summed E-state index contributed by atoms with van der Waals surface area (Å²) >= 11 is 0. The Morgan fingerprint density at radius 2 is 2.00 bits per heavy atom. The van der Waals surface area contributed by atoms with Gasteiger partial charge in [-0.25, -0.2) is 0 Å². The van der Waals surface area contributed by atoms with Gasteiger partial charge in [-0.2, -0.15) is 0 Å². The van der Waals surface area contributed by atoms with E-state index in [2.05, 4.69) is 4.74 Å². The fourth-order valence-electron chi connectivity index (χ4n) is 1.80. The monoisotopic (exact) mass is 243 g/mol. The topological polar surface area (TPSA) is 83.9 Å². The third-order valence-electron chi connectivity index (χ3n) is 2.95. The summed E-state index contributed by atoms with van der Waals surface area (Å²) in [5.41, 5.74) is 0. The molecular formula is C11H17NO5. The number of ether oxygens (including phenoxy) is 1. The Morgan fingerprint density at radius 1 is 1.41 bits per heavy atom. The molecule has 0 heterocycles. The van der Waals surface area contributed by atoms with Crippen LogP contribution in [-0.2, 0) is 19.1 Å². The average molecular weight is 243 g/mol. The highest BCUT2D eigenvalue weighted by Gasteiger charge is 2.49. The highest BCUT2D eigenvalue weighted by atomic mass is 16.5. The Bertz CT molecular complexity index is 341. The predicted molar refractivity (Wildman–Crippen MR) is 58.0 cm³/mol. The van der Waals surface area contributed by atoms with E-state index in [4.69, 9.17) is 5.11 Å². The molecular weight excluding hydrogens is 226 g/mol. The van der Waals surface area contributed by atoms with Crippen molar-refractivity contribution in [3.05, 3.63) is 0 Å². The molecule has 0 saturated heterocycles. The van der Waals surface area contributed by atoms with Crippen LogP contribution in [-0.4, -0.2) is 48.6 Å². The van der Waals surface area contributed by atoms with E-state index in [1.165, 1.54) is 12.0 Å². The zero-order valence-corrected chi connectivity index (χ0v) is 10.2. The van der Waals surface area contributed by atoms with Gasteiger partial charge in [0.25, 0.3) is 0 Å². The van der Waals surface area contributed by atoms with Gasteiger partial charge in [0.1, 0.15) is 0 Å². The van der Waals surface area contributed by atoms with Gasteiger partial charge in [-0.05, 0) is 6.42 Å². The first-order chi connectivity index (χ1) is 7.88. The third kappa shape index (κ3) is 3.18. The van der Waals surface area contributed by atoms with Crippen LogP contribution >= 0.6 is 0 Å². The van der Waals surface area contributed by atoms with E-state index < -0.39 is 23.7 Å². The number of carbonyl (C=O) groups is 3. The van der Waals surface area contributed by atoms with Gasteiger partial charge < -0.3 is 14.7 Å². The van der Waals surface area contributed by atoms with Crippen molar-refractivity contribution in [2.45, 2.75) is 13.3 Å². The molecule has 0 bridgehead atoms. The van der Waals surface area contributed by atoms with Crippen molar-refractivity contribution in [3.8, 4) is 0 Å². The SMILES string of the molecule is COC(=O)C(C)CN(C)C(=O)C1CC1C(=O)O. The maximum atomic E-state index is 11.8. The van der Waals surface area contributed by atoms with Gasteiger partial charge in [-0.15, -0.1) is 0 Å². The molecule has 1 N–H and O–H groups in total. The molecule has 1 rings (SSSR count). The van der Waals surface area contributed by atoms with Crippen molar-refractivity contribution in [1.82, 2.24) is 4.90 Å². The Morgan fingerprint density at radius 3 is 2.41 bits per heavy atom. The number of carbonyl (C=O) groups excluding carboxylic acids is 2. The van der Waals surface area contributed by atoms with Gasteiger partial charge in [0.15, 0.2) is 0 Å². The van der Waals surface area contributed by atoms with Gasteiger partial charge in [0.2, 0.25) is 5.91 Å². The van der Waals surface area contributed by atoms with Crippen LogP contribution in [0.5, 0.6) is 0 Å². The first kappa shape index (κ1) is 13.5. The average Bonchev–Trinajstić information content (AvgIpc) is 3.06. The number of carboxylic acid groups (broad SMARTS) is 1. The largest absolute Gasteiger partial charge is 0.481 e. The molecule has 1 amide bonds. The molecule has 6 nitrogen and oxygen atoms in total. The van der Waals surface area contributed by atoms with Crippen LogP contribution in [0.3, 0.4) is 0 Å². The van der Waals surface area contributed by atoms with Crippen LogP contribution in [0.4, 0.5) is 0 Å². The maximum absolute atomic E-state index is 11.8. The summed E-state index contributed by atoms with van der Waals surface area (Å²) in [7, 11) is 2.86. The van der Waals surface area contributed by atoms with Crippen LogP contribution in [0.25, 0.3) is 0 Å². The van der Waals surface area contributed by atoms with Gasteiger partial charge in [0.05, 0.1) is 24.9 Å². The second-order valence-electron chi connectivity index (χ2n) is 4.43. The predicted octanol–water partition coefficient (Wildman–Crippen LogP) is -0.0254. The smallest absolute Gasteiger partial charge is 0.310 e. The number of amides is 1. The number of hydrogen-bond acceptors (Lipinski definition) is 4. The van der Waals surface area contributed by atoms with E-state index in [1.54, 1.807) is 14.0 Å². The van der Waals surface area contributed by atoms with Crippen LogP contribution in [0.2, 0.25) is 0 Å². The number of esters is 1. The first-order valence-corrected chi connectivity index (χ1v) is 5.44. The number of aliphatic carboxylic acids is 1. The minimum absolute atomic E-state index is 0.215. The highest BCUT2D eigenvalue weighted by molar-refractivity contribution is 5.89. The molecule has 3 atom stereocenters. The summed E-state index contributed by atoms with van der Waals surface area (Å²) in [4.78, 5) is 35.0. The van der Waals surface area contributed by atoms with E-state index in [-0.39, 0.29) is 18.4 Å². The molecule has 1 saturated carbocycles. The molecule has 3 unspecified atom stereocenters. The maximum Gasteiger partial charge on any atom is 0.310 e. The third-order valence-corrected chi connectivity index (χ3v) is 2.95. The molecule has 1 aliphatic rings. The fourth-order valence-corrected chi connectivity index (χ4v) is 1.80. The van der Waals surface area contributed by atoms with Crippen LogP contribution in [0.1, 0.15) is 13.3 Å². The standard InChI is InChI=1S/C11H17NO5/c1-6(11(16)17-3)5-12(2)9(13)7-4-8(7)10(14)15/h6-8H,4-5H2,1-3H3,(H,14,15). The van der Waals surface area contributed by atoms with Gasteiger partial charge in [0, 0.05) is 13.6 Å². The molecule has 6 heteroatoms. The lowest BCUT2D eigenvalue weighted by Gasteiger charge is -2.20. The molecule has 0 aromatic rings. The number of hydrogen-bond donors (Lipinski definition) is 1. The normalized spacial score (nSPS) is 23.7.